The van der Waals surface area contributed by atoms with Crippen LogP contribution in [0.25, 0.3) is 22.6 Å². The second kappa shape index (κ2) is 9.53. The molecule has 4 aromatic rings. The van der Waals surface area contributed by atoms with Gasteiger partial charge in [0.05, 0.1) is 18.5 Å². The van der Waals surface area contributed by atoms with Gasteiger partial charge in [0.25, 0.3) is 0 Å². The molecule has 4 rings (SSSR count). The number of ether oxygens (including phenoxy) is 1. The van der Waals surface area contributed by atoms with Crippen molar-refractivity contribution in [2.24, 2.45) is 5.10 Å². The van der Waals surface area contributed by atoms with Gasteiger partial charge in [-0.05, 0) is 48.9 Å². The first-order valence-electron chi connectivity index (χ1n) is 9.77. The lowest BCUT2D eigenvalue weighted by Gasteiger charge is -2.09. The Bertz CT molecular complexity index is 1190. The molecule has 3 aromatic carbocycles. The fourth-order valence-corrected chi connectivity index (χ4v) is 3.29. The number of nitrogens with zero attached hydrogens (tertiary/aromatic N) is 3. The summed E-state index contributed by atoms with van der Waals surface area (Å²) in [6.45, 7) is 1.95. The maximum absolute atomic E-state index is 5.22. The van der Waals surface area contributed by atoms with Crippen LogP contribution in [0.5, 0.6) is 5.75 Å². The summed E-state index contributed by atoms with van der Waals surface area (Å²) in [6.07, 6.45) is 0. The summed E-state index contributed by atoms with van der Waals surface area (Å²) >= 11 is 3.48. The van der Waals surface area contributed by atoms with Gasteiger partial charge in [0.15, 0.2) is 11.6 Å². The van der Waals surface area contributed by atoms with Crippen LogP contribution in [0.15, 0.2) is 94.5 Å². The number of anilines is 1. The number of halogens is 1. The Morgan fingerprint density at radius 2 is 1.58 bits per heavy atom. The molecule has 0 radical (unpaired) electrons. The van der Waals surface area contributed by atoms with Gasteiger partial charge in [0.2, 0.25) is 0 Å². The predicted molar refractivity (Wildman–Crippen MR) is 129 cm³/mol. The molecule has 31 heavy (non-hydrogen) atoms. The standard InChI is InChI=1S/C25H21BrN4O/c1-17(18-10-14-22(31-2)15-11-18)29-30-24-16-23(19-6-4-3-5-7-19)27-25(28-24)20-8-12-21(26)13-9-20/h3-16H,1-2H3,(H,27,28,30)/b29-17+. The van der Waals surface area contributed by atoms with Crippen LogP contribution in [0.2, 0.25) is 0 Å². The van der Waals surface area contributed by atoms with Gasteiger partial charge in [-0.2, -0.15) is 5.10 Å². The van der Waals surface area contributed by atoms with Crippen molar-refractivity contribution in [1.29, 1.82) is 0 Å². The molecular weight excluding hydrogens is 452 g/mol. The lowest BCUT2D eigenvalue weighted by Crippen LogP contribution is -2.03. The smallest absolute Gasteiger partial charge is 0.162 e. The first kappa shape index (κ1) is 20.8. The maximum atomic E-state index is 5.22. The quantitative estimate of drug-likeness (QED) is 0.259. The largest absolute Gasteiger partial charge is 0.497 e. The normalized spacial score (nSPS) is 11.3. The lowest BCUT2D eigenvalue weighted by molar-refractivity contribution is 0.415. The van der Waals surface area contributed by atoms with Gasteiger partial charge in [0.1, 0.15) is 5.75 Å². The topological polar surface area (TPSA) is 59.4 Å². The van der Waals surface area contributed by atoms with E-state index < -0.39 is 0 Å². The third-order valence-electron chi connectivity index (χ3n) is 4.74. The van der Waals surface area contributed by atoms with E-state index >= 15 is 0 Å². The molecule has 0 unspecified atom stereocenters. The molecule has 1 aromatic heterocycles. The Hall–Kier alpha value is -3.51. The van der Waals surface area contributed by atoms with E-state index in [4.69, 9.17) is 9.72 Å². The van der Waals surface area contributed by atoms with Crippen molar-refractivity contribution in [3.8, 4) is 28.4 Å². The number of nitrogens with one attached hydrogen (secondary N) is 1. The van der Waals surface area contributed by atoms with Crippen molar-refractivity contribution in [3.63, 3.8) is 0 Å². The first-order chi connectivity index (χ1) is 15.1. The number of aromatic nitrogens is 2. The highest BCUT2D eigenvalue weighted by atomic mass is 79.9. The number of hydrazone groups is 1. The average Bonchev–Trinajstić information content (AvgIpc) is 2.83. The molecule has 0 fully saturated rings. The third-order valence-corrected chi connectivity index (χ3v) is 5.27. The minimum Gasteiger partial charge on any atom is -0.497 e. The molecule has 154 valence electrons. The van der Waals surface area contributed by atoms with Gasteiger partial charge in [-0.15, -0.1) is 0 Å². The Morgan fingerprint density at radius 1 is 0.871 bits per heavy atom. The Morgan fingerprint density at radius 3 is 2.26 bits per heavy atom. The van der Waals surface area contributed by atoms with Crippen molar-refractivity contribution < 1.29 is 4.74 Å². The number of methoxy groups -OCH3 is 1. The third kappa shape index (κ3) is 5.16. The summed E-state index contributed by atoms with van der Waals surface area (Å²) in [5.41, 5.74) is 7.71. The Labute approximate surface area is 190 Å². The van der Waals surface area contributed by atoms with Crippen LogP contribution in [-0.4, -0.2) is 22.8 Å². The second-order valence-electron chi connectivity index (χ2n) is 6.87. The summed E-state index contributed by atoms with van der Waals surface area (Å²) in [7, 11) is 1.65. The van der Waals surface area contributed by atoms with E-state index in [1.165, 1.54) is 0 Å². The van der Waals surface area contributed by atoms with Crippen molar-refractivity contribution in [3.05, 3.63) is 95.0 Å². The summed E-state index contributed by atoms with van der Waals surface area (Å²) in [4.78, 5) is 9.47. The summed E-state index contributed by atoms with van der Waals surface area (Å²) in [5.74, 6) is 2.07. The van der Waals surface area contributed by atoms with Gasteiger partial charge in [-0.1, -0.05) is 58.4 Å². The second-order valence-corrected chi connectivity index (χ2v) is 7.79. The van der Waals surface area contributed by atoms with E-state index in [2.05, 4.69) is 31.4 Å². The minimum absolute atomic E-state index is 0.625. The van der Waals surface area contributed by atoms with E-state index in [1.54, 1.807) is 7.11 Å². The zero-order chi connectivity index (χ0) is 21.6. The van der Waals surface area contributed by atoms with Gasteiger partial charge in [-0.3, -0.25) is 5.43 Å². The molecule has 0 bridgehead atoms. The van der Waals surface area contributed by atoms with Crippen LogP contribution in [-0.2, 0) is 0 Å². The molecule has 1 heterocycles. The summed E-state index contributed by atoms with van der Waals surface area (Å²) in [6, 6.07) is 27.7. The lowest BCUT2D eigenvalue weighted by atomic mass is 10.1. The summed E-state index contributed by atoms with van der Waals surface area (Å²) < 4.78 is 6.23. The van der Waals surface area contributed by atoms with Gasteiger partial charge < -0.3 is 4.74 Å². The number of benzene rings is 3. The van der Waals surface area contributed by atoms with Crippen molar-refractivity contribution >= 4 is 27.5 Å². The molecule has 0 saturated heterocycles. The van der Waals surface area contributed by atoms with E-state index in [1.807, 2.05) is 91.9 Å². The molecule has 1 N–H and O–H groups in total. The maximum Gasteiger partial charge on any atom is 0.162 e. The van der Waals surface area contributed by atoms with E-state index in [0.717, 1.165) is 38.3 Å². The molecule has 5 nitrogen and oxygen atoms in total. The Balaban J connectivity index is 1.68. The van der Waals surface area contributed by atoms with Gasteiger partial charge >= 0.3 is 0 Å². The number of hydrogen-bond donors (Lipinski definition) is 1. The van der Waals surface area contributed by atoms with E-state index in [9.17, 15) is 0 Å². The molecule has 0 saturated carbocycles. The van der Waals surface area contributed by atoms with Crippen molar-refractivity contribution in [2.45, 2.75) is 6.92 Å². The highest BCUT2D eigenvalue weighted by molar-refractivity contribution is 9.10. The number of hydrogen-bond acceptors (Lipinski definition) is 5. The molecular formula is C25H21BrN4O. The fraction of sp³-hybridized carbons (Fsp3) is 0.0800. The van der Waals surface area contributed by atoms with Crippen molar-refractivity contribution in [1.82, 2.24) is 9.97 Å². The van der Waals surface area contributed by atoms with E-state index in [0.29, 0.717) is 11.6 Å². The molecule has 0 aliphatic carbocycles. The number of rotatable bonds is 6. The van der Waals surface area contributed by atoms with E-state index in [-0.39, 0.29) is 0 Å². The molecule has 0 aliphatic rings. The summed E-state index contributed by atoms with van der Waals surface area (Å²) in [5, 5.41) is 4.53. The Kier molecular flexibility index (Phi) is 6.38. The van der Waals surface area contributed by atoms with Crippen LogP contribution in [0.4, 0.5) is 5.82 Å². The molecule has 0 atom stereocenters. The highest BCUT2D eigenvalue weighted by Crippen LogP contribution is 2.25. The fourth-order valence-electron chi connectivity index (χ4n) is 3.03. The SMILES string of the molecule is COc1ccc(/C(C)=N/Nc2cc(-c3ccccc3)nc(-c3ccc(Br)cc3)n2)cc1. The molecule has 0 spiro atoms. The molecule has 0 amide bonds. The molecule has 0 aliphatic heterocycles. The minimum atomic E-state index is 0.625. The monoisotopic (exact) mass is 472 g/mol. The van der Waals surface area contributed by atoms with Crippen LogP contribution in [0.1, 0.15) is 12.5 Å². The predicted octanol–water partition coefficient (Wildman–Crippen LogP) is 6.42. The van der Waals surface area contributed by atoms with Crippen LogP contribution in [0, 0.1) is 0 Å². The zero-order valence-corrected chi connectivity index (χ0v) is 18.8. The van der Waals surface area contributed by atoms with Crippen molar-refractivity contribution in [2.75, 3.05) is 12.5 Å². The first-order valence-corrected chi connectivity index (χ1v) is 10.6. The average molecular weight is 473 g/mol. The van der Waals surface area contributed by atoms with Crippen LogP contribution < -0.4 is 10.2 Å². The van der Waals surface area contributed by atoms with Crippen LogP contribution in [0.3, 0.4) is 0 Å². The highest BCUT2D eigenvalue weighted by Gasteiger charge is 2.09. The van der Waals surface area contributed by atoms with Gasteiger partial charge in [0, 0.05) is 21.7 Å². The van der Waals surface area contributed by atoms with Crippen LogP contribution >= 0.6 is 15.9 Å². The molecule has 6 heteroatoms. The van der Waals surface area contributed by atoms with Gasteiger partial charge in [-0.25, -0.2) is 9.97 Å². The zero-order valence-electron chi connectivity index (χ0n) is 17.2.